The number of aryl methyl sites for hydroxylation is 1. The van der Waals surface area contributed by atoms with E-state index in [4.69, 9.17) is 9.47 Å². The quantitative estimate of drug-likeness (QED) is 0.233. The number of ketones is 1. The number of phenolic OH excluding ortho intramolecular Hbond substituents is 2. The Bertz CT molecular complexity index is 1320. The van der Waals surface area contributed by atoms with E-state index in [0.717, 1.165) is 64.5 Å². The van der Waals surface area contributed by atoms with Crippen molar-refractivity contribution in [1.29, 1.82) is 0 Å². The molecule has 2 heterocycles. The summed E-state index contributed by atoms with van der Waals surface area (Å²) in [5.74, 6) is 2.03. The number of rotatable bonds is 4. The Hall–Kier alpha value is -2.39. The second-order valence-corrected chi connectivity index (χ2v) is 13.2. The van der Waals surface area contributed by atoms with Crippen molar-refractivity contribution in [2.75, 3.05) is 20.9 Å². The number of carbonyl (C=O) groups excluding carboxylic acids is 1. The second kappa shape index (κ2) is 12.9. The van der Waals surface area contributed by atoms with Crippen molar-refractivity contribution in [3.05, 3.63) is 53.6 Å². The normalized spacial score (nSPS) is 22.4. The van der Waals surface area contributed by atoms with E-state index < -0.39 is 0 Å². The van der Waals surface area contributed by atoms with E-state index in [1.54, 1.807) is 19.2 Å². The van der Waals surface area contributed by atoms with Crippen LogP contribution in [0.3, 0.4) is 0 Å². The lowest BCUT2D eigenvalue weighted by molar-refractivity contribution is -0.123. The van der Waals surface area contributed by atoms with Crippen LogP contribution in [-0.2, 0) is 21.7 Å². The molecule has 2 aliphatic heterocycles. The fourth-order valence-corrected chi connectivity index (χ4v) is 8.85. The van der Waals surface area contributed by atoms with Gasteiger partial charge in [-0.3, -0.25) is 10.1 Å². The van der Waals surface area contributed by atoms with Crippen LogP contribution in [0.5, 0.6) is 17.2 Å². The summed E-state index contributed by atoms with van der Waals surface area (Å²) in [5, 5.41) is 26.8. The number of benzene rings is 3. The topological polar surface area (TPSA) is 88.0 Å². The number of nitrogens with one attached hydrogen (secondary N) is 1. The molecule has 0 aromatic heterocycles. The van der Waals surface area contributed by atoms with E-state index >= 15 is 0 Å². The van der Waals surface area contributed by atoms with E-state index in [2.05, 4.69) is 11.4 Å². The number of hydrogen-bond donors (Lipinski definition) is 3. The van der Waals surface area contributed by atoms with Crippen molar-refractivity contribution in [2.24, 2.45) is 5.92 Å². The lowest BCUT2D eigenvalue weighted by atomic mass is 9.82. The summed E-state index contributed by atoms with van der Waals surface area (Å²) in [6.07, 6.45) is 5.67. The van der Waals surface area contributed by atoms with Crippen molar-refractivity contribution < 1.29 is 24.5 Å². The summed E-state index contributed by atoms with van der Waals surface area (Å²) in [6.45, 7) is 0.447. The zero-order valence-corrected chi connectivity index (χ0v) is 24.2. The Balaban J connectivity index is 1.60. The molecule has 1 fully saturated rings. The molecule has 3 N–H and O–H groups in total. The minimum atomic E-state index is -0.0648. The number of methoxy groups -OCH3 is 1. The molecule has 1 aliphatic carbocycles. The predicted molar refractivity (Wildman–Crippen MR) is 161 cm³/mol. The first-order valence-electron chi connectivity index (χ1n) is 13.7. The van der Waals surface area contributed by atoms with E-state index in [9.17, 15) is 15.0 Å². The summed E-state index contributed by atoms with van der Waals surface area (Å²) in [7, 11) is 7.22. The maximum absolute atomic E-state index is 13.3. The van der Waals surface area contributed by atoms with E-state index in [1.165, 1.54) is 0 Å². The number of aromatic hydroxyl groups is 2. The van der Waals surface area contributed by atoms with Crippen molar-refractivity contribution in [2.45, 2.75) is 62.1 Å². The van der Waals surface area contributed by atoms with Crippen molar-refractivity contribution in [3.8, 4) is 28.4 Å². The lowest BCUT2D eigenvalue weighted by Gasteiger charge is -2.33. The van der Waals surface area contributed by atoms with Gasteiger partial charge in [0.15, 0.2) is 11.5 Å². The Morgan fingerprint density at radius 1 is 1.03 bits per heavy atom. The van der Waals surface area contributed by atoms with Crippen LogP contribution < -0.4 is 10.1 Å². The highest BCUT2D eigenvalue weighted by atomic mass is 33.1. The van der Waals surface area contributed by atoms with Crippen LogP contribution in [0, 0.1) is 5.92 Å². The third-order valence-electron chi connectivity index (χ3n) is 8.01. The molecular formula is C31H37NO5S2. The van der Waals surface area contributed by atoms with Crippen LogP contribution in [-0.4, -0.2) is 48.2 Å². The van der Waals surface area contributed by atoms with Crippen LogP contribution in [0.25, 0.3) is 21.9 Å². The number of fused-ring (bicyclic) bond motifs is 9. The number of phenols is 2. The first-order chi connectivity index (χ1) is 19.0. The van der Waals surface area contributed by atoms with Gasteiger partial charge in [-0.05, 0) is 90.7 Å². The lowest BCUT2D eigenvalue weighted by Crippen LogP contribution is -2.33. The van der Waals surface area contributed by atoms with Gasteiger partial charge in [0.2, 0.25) is 0 Å². The molecule has 1 unspecified atom stereocenters. The maximum atomic E-state index is 13.3. The summed E-state index contributed by atoms with van der Waals surface area (Å²) < 4.78 is 11.9. The van der Waals surface area contributed by atoms with Crippen LogP contribution in [0.2, 0.25) is 0 Å². The van der Waals surface area contributed by atoms with Gasteiger partial charge in [-0.2, -0.15) is 0 Å². The van der Waals surface area contributed by atoms with Crippen molar-refractivity contribution in [3.63, 3.8) is 0 Å². The molecule has 6 nitrogen and oxygen atoms in total. The SMILES string of the molecule is CNCOC1CC(=O)CCc2ccc(O)c(OC)c2-c2ccc3ccc(O)cc3c2CSSC2CCC1CC2. The number of ether oxygens (including phenoxy) is 2. The Morgan fingerprint density at radius 3 is 2.59 bits per heavy atom. The Labute approximate surface area is 238 Å². The van der Waals surface area contributed by atoms with Crippen LogP contribution >= 0.6 is 21.6 Å². The van der Waals surface area contributed by atoms with Crippen LogP contribution in [0.4, 0.5) is 0 Å². The molecule has 208 valence electrons. The highest BCUT2D eigenvalue weighted by Crippen LogP contribution is 2.47. The Morgan fingerprint density at radius 2 is 1.82 bits per heavy atom. The molecule has 0 spiro atoms. The second-order valence-electron chi connectivity index (χ2n) is 10.5. The minimum Gasteiger partial charge on any atom is -0.508 e. The van der Waals surface area contributed by atoms with E-state index in [-0.39, 0.29) is 23.4 Å². The summed E-state index contributed by atoms with van der Waals surface area (Å²) in [6, 6.07) is 13.2. The van der Waals surface area contributed by atoms with Crippen molar-refractivity contribution >= 4 is 38.1 Å². The van der Waals surface area contributed by atoms with Crippen LogP contribution in [0.1, 0.15) is 49.7 Å². The van der Waals surface area contributed by atoms with Gasteiger partial charge in [-0.25, -0.2) is 0 Å². The summed E-state index contributed by atoms with van der Waals surface area (Å²) in [4.78, 5) is 13.3. The molecule has 1 atom stereocenters. The molecule has 3 aromatic carbocycles. The molecule has 0 amide bonds. The van der Waals surface area contributed by atoms with Crippen molar-refractivity contribution in [1.82, 2.24) is 5.32 Å². The number of hydrogen-bond acceptors (Lipinski definition) is 8. The molecule has 1 saturated carbocycles. The molecule has 39 heavy (non-hydrogen) atoms. The van der Waals surface area contributed by atoms with Gasteiger partial charge in [-0.15, -0.1) is 0 Å². The van der Waals surface area contributed by atoms with Gasteiger partial charge in [0.25, 0.3) is 0 Å². The first kappa shape index (κ1) is 28.1. The fourth-order valence-electron chi connectivity index (χ4n) is 5.98. The predicted octanol–water partition coefficient (Wildman–Crippen LogP) is 6.83. The van der Waals surface area contributed by atoms with E-state index in [1.807, 2.05) is 52.9 Å². The third-order valence-corrected chi connectivity index (χ3v) is 10.9. The third kappa shape index (κ3) is 6.35. The van der Waals surface area contributed by atoms with Gasteiger partial charge in [0, 0.05) is 29.4 Å². The molecule has 8 heteroatoms. The summed E-state index contributed by atoms with van der Waals surface area (Å²) in [5.41, 5.74) is 3.83. The van der Waals surface area contributed by atoms with Crippen LogP contribution in [0.15, 0.2) is 42.5 Å². The molecule has 2 bridgehead atoms. The van der Waals surface area contributed by atoms with Gasteiger partial charge in [0.05, 0.1) is 19.9 Å². The minimum absolute atomic E-state index is 0.0648. The van der Waals surface area contributed by atoms with Gasteiger partial charge in [-0.1, -0.05) is 45.9 Å². The molecule has 0 radical (unpaired) electrons. The van der Waals surface area contributed by atoms with E-state index in [0.29, 0.717) is 42.9 Å². The summed E-state index contributed by atoms with van der Waals surface area (Å²) >= 11 is 0. The average Bonchev–Trinajstić information content (AvgIpc) is 2.94. The average molecular weight is 568 g/mol. The first-order valence-corrected chi connectivity index (χ1v) is 16.1. The molecule has 6 rings (SSSR count). The monoisotopic (exact) mass is 567 g/mol. The maximum Gasteiger partial charge on any atom is 0.168 e. The standard InChI is InChI=1S/C31H37NO5S2/c1-32-18-37-29-16-23(34)10-4-21-8-14-28(35)31(36-2)30(21)25-13-7-19-3-9-22(33)15-26(19)27(25)17-38-39-24-11-5-20(29)6-12-24/h3,7-9,13-15,20,24,29,32-33,35H,4-6,10-12,16-18H2,1-2H3. The number of Topliss-reactive ketones (excluding diaryl/α,β-unsaturated/α-hetero) is 1. The van der Waals surface area contributed by atoms with Gasteiger partial charge < -0.3 is 19.7 Å². The molecule has 3 aromatic rings. The molecule has 3 aliphatic rings. The molecule has 0 saturated heterocycles. The van der Waals surface area contributed by atoms with Gasteiger partial charge >= 0.3 is 0 Å². The Kier molecular flexibility index (Phi) is 9.28. The molecular weight excluding hydrogens is 530 g/mol. The zero-order chi connectivity index (χ0) is 27.4. The fraction of sp³-hybridized carbons (Fsp3) is 0.452. The zero-order valence-electron chi connectivity index (χ0n) is 22.6. The smallest absolute Gasteiger partial charge is 0.168 e. The van der Waals surface area contributed by atoms with Gasteiger partial charge in [0.1, 0.15) is 11.5 Å². The highest BCUT2D eigenvalue weighted by Gasteiger charge is 2.31. The highest BCUT2D eigenvalue weighted by molar-refractivity contribution is 8.76. The largest absolute Gasteiger partial charge is 0.508 e. The number of carbonyl (C=O) groups is 1.